The average Bonchev–Trinajstić information content (AvgIpc) is 3.05. The Labute approximate surface area is 189 Å². The molecule has 1 aliphatic heterocycles. The second-order valence-electron chi connectivity index (χ2n) is 7.35. The Morgan fingerprint density at radius 1 is 1.06 bits per heavy atom. The number of para-hydroxylation sites is 1. The molecule has 1 N–H and O–H groups in total. The third-order valence-corrected chi connectivity index (χ3v) is 5.76. The topological polar surface area (TPSA) is 66.8 Å². The fourth-order valence-electron chi connectivity index (χ4n) is 3.83. The van der Waals surface area contributed by atoms with Crippen LogP contribution >= 0.6 is 11.6 Å². The Balaban J connectivity index is 1.99. The van der Waals surface area contributed by atoms with Crippen LogP contribution in [0.5, 0.6) is 5.75 Å². The van der Waals surface area contributed by atoms with Crippen molar-refractivity contribution in [2.24, 2.45) is 0 Å². The van der Waals surface area contributed by atoms with Crippen molar-refractivity contribution in [1.29, 1.82) is 0 Å². The van der Waals surface area contributed by atoms with Crippen molar-refractivity contribution in [3.8, 4) is 5.75 Å². The SMILES string of the molecule is COc1ccc(Cl)c(/C(O)=C2\C(=O)C(=O)N(c3ccccc3C)C2c2ccc(F)cc2)c1. The van der Waals surface area contributed by atoms with Crippen LogP contribution in [0.1, 0.15) is 22.7 Å². The number of nitrogens with zero attached hydrogens (tertiary/aromatic N) is 1. The molecule has 162 valence electrons. The molecule has 0 aromatic heterocycles. The molecule has 1 atom stereocenters. The largest absolute Gasteiger partial charge is 0.507 e. The highest BCUT2D eigenvalue weighted by Gasteiger charge is 2.47. The zero-order chi connectivity index (χ0) is 23.0. The third-order valence-electron chi connectivity index (χ3n) is 5.43. The molecule has 1 saturated heterocycles. The van der Waals surface area contributed by atoms with Crippen LogP contribution in [0.25, 0.3) is 5.76 Å². The van der Waals surface area contributed by atoms with Gasteiger partial charge in [-0.2, -0.15) is 0 Å². The van der Waals surface area contributed by atoms with Gasteiger partial charge in [-0.05, 0) is 54.4 Å². The number of ether oxygens (including phenoxy) is 1. The molecule has 0 bridgehead atoms. The number of aryl methyl sites for hydroxylation is 1. The maximum absolute atomic E-state index is 13.6. The van der Waals surface area contributed by atoms with Gasteiger partial charge in [0.2, 0.25) is 0 Å². The predicted molar refractivity (Wildman–Crippen MR) is 120 cm³/mol. The third kappa shape index (κ3) is 3.63. The van der Waals surface area contributed by atoms with E-state index < -0.39 is 29.3 Å². The number of benzene rings is 3. The van der Waals surface area contributed by atoms with E-state index in [1.807, 2.05) is 19.1 Å². The maximum Gasteiger partial charge on any atom is 0.300 e. The van der Waals surface area contributed by atoms with Gasteiger partial charge in [0.1, 0.15) is 17.3 Å². The van der Waals surface area contributed by atoms with Crippen LogP contribution in [0.2, 0.25) is 5.02 Å². The first-order valence-corrected chi connectivity index (χ1v) is 10.2. The molecule has 0 radical (unpaired) electrons. The first-order chi connectivity index (χ1) is 15.3. The number of aliphatic hydroxyl groups is 1. The normalized spacial score (nSPS) is 17.6. The second kappa shape index (κ2) is 8.48. The fraction of sp³-hybridized carbons (Fsp3) is 0.120. The van der Waals surface area contributed by atoms with E-state index >= 15 is 0 Å². The van der Waals surface area contributed by atoms with Gasteiger partial charge in [0.15, 0.2) is 0 Å². The van der Waals surface area contributed by atoms with Crippen LogP contribution in [0, 0.1) is 12.7 Å². The van der Waals surface area contributed by atoms with E-state index in [1.165, 1.54) is 48.4 Å². The van der Waals surface area contributed by atoms with Gasteiger partial charge in [0.25, 0.3) is 11.7 Å². The summed E-state index contributed by atoms with van der Waals surface area (Å²) in [6.07, 6.45) is 0. The van der Waals surface area contributed by atoms with E-state index in [1.54, 1.807) is 18.2 Å². The number of halogens is 2. The van der Waals surface area contributed by atoms with Crippen LogP contribution in [0.4, 0.5) is 10.1 Å². The molecule has 32 heavy (non-hydrogen) atoms. The minimum absolute atomic E-state index is 0.139. The summed E-state index contributed by atoms with van der Waals surface area (Å²) in [6, 6.07) is 16.2. The van der Waals surface area contributed by atoms with E-state index in [0.717, 1.165) is 5.56 Å². The van der Waals surface area contributed by atoms with Gasteiger partial charge < -0.3 is 9.84 Å². The number of aliphatic hydroxyl groups excluding tert-OH is 1. The predicted octanol–water partition coefficient (Wildman–Crippen LogP) is 5.42. The number of Topliss-reactive ketones (excluding diaryl/α,β-unsaturated/α-hetero) is 1. The number of rotatable bonds is 4. The summed E-state index contributed by atoms with van der Waals surface area (Å²) in [7, 11) is 1.46. The van der Waals surface area contributed by atoms with E-state index in [9.17, 15) is 19.1 Å². The Morgan fingerprint density at radius 3 is 2.41 bits per heavy atom. The first-order valence-electron chi connectivity index (χ1n) is 9.79. The summed E-state index contributed by atoms with van der Waals surface area (Å²) in [5.41, 5.74) is 1.76. The quantitative estimate of drug-likeness (QED) is 0.326. The number of amides is 1. The lowest BCUT2D eigenvalue weighted by Gasteiger charge is -2.26. The van der Waals surface area contributed by atoms with Crippen molar-refractivity contribution in [3.05, 3.63) is 99.8 Å². The number of hydrogen-bond donors (Lipinski definition) is 1. The molecule has 1 heterocycles. The highest BCUT2D eigenvalue weighted by Crippen LogP contribution is 2.44. The van der Waals surface area contributed by atoms with Gasteiger partial charge in [-0.25, -0.2) is 4.39 Å². The Kier molecular flexibility index (Phi) is 5.72. The van der Waals surface area contributed by atoms with Crippen molar-refractivity contribution in [2.45, 2.75) is 13.0 Å². The number of methoxy groups -OCH3 is 1. The van der Waals surface area contributed by atoms with Crippen molar-refractivity contribution in [1.82, 2.24) is 0 Å². The van der Waals surface area contributed by atoms with Crippen molar-refractivity contribution < 1.29 is 23.8 Å². The van der Waals surface area contributed by atoms with Crippen LogP contribution in [0.3, 0.4) is 0 Å². The Hall–Kier alpha value is -3.64. The minimum Gasteiger partial charge on any atom is -0.507 e. The molecule has 0 saturated carbocycles. The van der Waals surface area contributed by atoms with Crippen LogP contribution in [0.15, 0.2) is 72.3 Å². The van der Waals surface area contributed by atoms with Gasteiger partial charge >= 0.3 is 0 Å². The smallest absolute Gasteiger partial charge is 0.300 e. The standard InChI is InChI=1S/C25H19ClFNO4/c1-14-5-3-4-6-20(14)28-22(15-7-9-16(27)10-8-15)21(24(30)25(28)31)23(29)18-13-17(32-2)11-12-19(18)26/h3-13,22,29H,1-2H3/b23-21+. The van der Waals surface area contributed by atoms with Crippen LogP contribution in [-0.4, -0.2) is 23.9 Å². The molecule has 7 heteroatoms. The molecule has 1 aliphatic rings. The molecule has 1 fully saturated rings. The van der Waals surface area contributed by atoms with Crippen LogP contribution in [-0.2, 0) is 9.59 Å². The molecular weight excluding hydrogens is 433 g/mol. The van der Waals surface area contributed by atoms with Gasteiger partial charge in [-0.1, -0.05) is 41.9 Å². The number of hydrogen-bond acceptors (Lipinski definition) is 4. The van der Waals surface area contributed by atoms with E-state index in [0.29, 0.717) is 17.0 Å². The summed E-state index contributed by atoms with van der Waals surface area (Å²) < 4.78 is 18.8. The summed E-state index contributed by atoms with van der Waals surface area (Å²) in [5.74, 6) is -2.13. The lowest BCUT2D eigenvalue weighted by molar-refractivity contribution is -0.132. The fourth-order valence-corrected chi connectivity index (χ4v) is 4.04. The molecule has 4 rings (SSSR count). The summed E-state index contributed by atoms with van der Waals surface area (Å²) in [6.45, 7) is 1.81. The molecule has 3 aromatic rings. The number of anilines is 1. The maximum atomic E-state index is 13.6. The number of ketones is 1. The molecule has 3 aromatic carbocycles. The Morgan fingerprint density at radius 2 is 1.75 bits per heavy atom. The number of carbonyl (C=O) groups excluding carboxylic acids is 2. The van der Waals surface area contributed by atoms with Gasteiger partial charge in [-0.15, -0.1) is 0 Å². The Bertz CT molecular complexity index is 1250. The monoisotopic (exact) mass is 451 g/mol. The lowest BCUT2D eigenvalue weighted by Crippen LogP contribution is -2.30. The highest BCUT2D eigenvalue weighted by molar-refractivity contribution is 6.52. The average molecular weight is 452 g/mol. The second-order valence-corrected chi connectivity index (χ2v) is 7.76. The van der Waals surface area contributed by atoms with Crippen LogP contribution < -0.4 is 9.64 Å². The molecule has 0 aliphatic carbocycles. The van der Waals surface area contributed by atoms with E-state index in [4.69, 9.17) is 16.3 Å². The van der Waals surface area contributed by atoms with E-state index in [-0.39, 0.29) is 16.2 Å². The molecule has 1 unspecified atom stereocenters. The zero-order valence-electron chi connectivity index (χ0n) is 17.3. The van der Waals surface area contributed by atoms with E-state index in [2.05, 4.69) is 0 Å². The molecule has 5 nitrogen and oxygen atoms in total. The van der Waals surface area contributed by atoms with Gasteiger partial charge in [-0.3, -0.25) is 14.5 Å². The zero-order valence-corrected chi connectivity index (χ0v) is 18.1. The molecule has 1 amide bonds. The summed E-state index contributed by atoms with van der Waals surface area (Å²) >= 11 is 6.29. The molecular formula is C25H19ClFNO4. The van der Waals surface area contributed by atoms with Gasteiger partial charge in [0, 0.05) is 11.3 Å². The summed E-state index contributed by atoms with van der Waals surface area (Å²) in [5, 5.41) is 11.4. The van der Waals surface area contributed by atoms with Crippen molar-refractivity contribution in [3.63, 3.8) is 0 Å². The first kappa shape index (κ1) is 21.6. The molecule has 0 spiro atoms. The minimum atomic E-state index is -0.973. The van der Waals surface area contributed by atoms with Gasteiger partial charge in [0.05, 0.1) is 23.7 Å². The van der Waals surface area contributed by atoms with Crippen molar-refractivity contribution >= 4 is 34.7 Å². The lowest BCUT2D eigenvalue weighted by atomic mass is 9.94. The summed E-state index contributed by atoms with van der Waals surface area (Å²) in [4.78, 5) is 27.7. The van der Waals surface area contributed by atoms with Crippen molar-refractivity contribution in [2.75, 3.05) is 12.0 Å². The highest BCUT2D eigenvalue weighted by atomic mass is 35.5. The number of carbonyl (C=O) groups is 2.